The molecule has 2 aromatic heterocycles. The van der Waals surface area contributed by atoms with Gasteiger partial charge in [0.05, 0.1) is 13.1 Å². The van der Waals surface area contributed by atoms with Crippen molar-refractivity contribution in [2.75, 3.05) is 31.6 Å². The van der Waals surface area contributed by atoms with Gasteiger partial charge in [-0.05, 0) is 33.2 Å². The minimum absolute atomic E-state index is 0.100. The highest BCUT2D eigenvalue weighted by Crippen LogP contribution is 2.29. The molecule has 0 radical (unpaired) electrons. The van der Waals surface area contributed by atoms with Gasteiger partial charge in [-0.15, -0.1) is 17.9 Å². The zero-order valence-corrected chi connectivity index (χ0v) is 18.9. The van der Waals surface area contributed by atoms with Crippen LogP contribution in [0.15, 0.2) is 18.0 Å². The van der Waals surface area contributed by atoms with Gasteiger partial charge >= 0.3 is 0 Å². The third kappa shape index (κ3) is 4.44. The van der Waals surface area contributed by atoms with Crippen LogP contribution in [0.5, 0.6) is 0 Å². The van der Waals surface area contributed by atoms with Crippen molar-refractivity contribution in [2.45, 2.75) is 45.3 Å². The Hall–Kier alpha value is -1.64. The normalized spacial score (nSPS) is 19.4. The van der Waals surface area contributed by atoms with Crippen molar-refractivity contribution in [1.29, 1.82) is 0 Å². The van der Waals surface area contributed by atoms with E-state index in [0.717, 1.165) is 66.7 Å². The van der Waals surface area contributed by atoms with Crippen molar-refractivity contribution in [1.82, 2.24) is 24.6 Å². The first-order valence-electron chi connectivity index (χ1n) is 10.2. The van der Waals surface area contributed by atoms with Gasteiger partial charge in [0.1, 0.15) is 5.01 Å². The number of aromatic nitrogens is 3. The molecule has 1 fully saturated rings. The van der Waals surface area contributed by atoms with Crippen LogP contribution in [0.4, 0.5) is 0 Å². The summed E-state index contributed by atoms with van der Waals surface area (Å²) in [5.74, 6) is 2.13. The minimum Gasteiger partial charge on any atom is -0.336 e. The van der Waals surface area contributed by atoms with E-state index in [-0.39, 0.29) is 5.91 Å². The summed E-state index contributed by atoms with van der Waals surface area (Å²) in [6, 6.07) is 0.400. The number of fused-ring (bicyclic) bond motifs is 1. The molecular formula is C21H29N5OS2. The molecule has 1 amide bonds. The quantitative estimate of drug-likeness (QED) is 0.658. The van der Waals surface area contributed by atoms with E-state index in [9.17, 15) is 4.79 Å². The van der Waals surface area contributed by atoms with Gasteiger partial charge in [-0.1, -0.05) is 6.08 Å². The predicted octanol–water partition coefficient (Wildman–Crippen LogP) is 3.01. The topological polar surface area (TPSA) is 54.3 Å². The molecule has 156 valence electrons. The number of carbonyl (C=O) groups is 1. The molecule has 0 spiro atoms. The van der Waals surface area contributed by atoms with Gasteiger partial charge in [0.25, 0.3) is 5.91 Å². The van der Waals surface area contributed by atoms with Crippen LogP contribution in [-0.4, -0.2) is 68.2 Å². The standard InChI is InChI=1S/C21H29N5OS2/c1-4-7-26-18-6-5-16(24(3)13-19-22-15(2)14-29-19)12-17(18)20(23-26)21(27)25-8-10-28-11-9-25/h4,14,16H,1,5-13H2,2-3H3. The van der Waals surface area contributed by atoms with Crippen LogP contribution in [0, 0.1) is 6.92 Å². The van der Waals surface area contributed by atoms with Gasteiger partial charge < -0.3 is 4.90 Å². The van der Waals surface area contributed by atoms with Crippen molar-refractivity contribution < 1.29 is 4.79 Å². The van der Waals surface area contributed by atoms with E-state index in [4.69, 9.17) is 5.10 Å². The Morgan fingerprint density at radius 1 is 1.41 bits per heavy atom. The fraction of sp³-hybridized carbons (Fsp3) is 0.571. The Morgan fingerprint density at radius 3 is 2.90 bits per heavy atom. The number of thiazole rings is 1. The molecule has 1 saturated heterocycles. The highest BCUT2D eigenvalue weighted by atomic mass is 32.2. The van der Waals surface area contributed by atoms with E-state index in [0.29, 0.717) is 18.3 Å². The summed E-state index contributed by atoms with van der Waals surface area (Å²) < 4.78 is 1.99. The Kier molecular flexibility index (Phi) is 6.41. The van der Waals surface area contributed by atoms with Gasteiger partial charge in [0.2, 0.25) is 0 Å². The van der Waals surface area contributed by atoms with Crippen molar-refractivity contribution in [3.63, 3.8) is 0 Å². The molecule has 8 heteroatoms. The van der Waals surface area contributed by atoms with Crippen LogP contribution in [0.25, 0.3) is 0 Å². The number of thioether (sulfide) groups is 1. The first kappa shape index (κ1) is 20.6. The zero-order chi connectivity index (χ0) is 20.4. The number of rotatable bonds is 6. The van der Waals surface area contributed by atoms with Gasteiger partial charge in [-0.3, -0.25) is 14.4 Å². The van der Waals surface area contributed by atoms with E-state index in [1.54, 1.807) is 11.3 Å². The van der Waals surface area contributed by atoms with Crippen molar-refractivity contribution in [2.24, 2.45) is 0 Å². The molecule has 0 bridgehead atoms. The first-order valence-corrected chi connectivity index (χ1v) is 12.3. The van der Waals surface area contributed by atoms with Crippen LogP contribution in [-0.2, 0) is 25.9 Å². The van der Waals surface area contributed by atoms with E-state index in [1.807, 2.05) is 34.3 Å². The van der Waals surface area contributed by atoms with Crippen molar-refractivity contribution in [3.05, 3.63) is 45.7 Å². The van der Waals surface area contributed by atoms with Crippen molar-refractivity contribution in [3.8, 4) is 0 Å². The lowest BCUT2D eigenvalue weighted by Gasteiger charge is -2.31. The second-order valence-corrected chi connectivity index (χ2v) is 10.0. The molecule has 1 unspecified atom stereocenters. The number of hydrogen-bond acceptors (Lipinski definition) is 6. The van der Waals surface area contributed by atoms with E-state index in [1.165, 1.54) is 5.69 Å². The molecule has 2 aliphatic rings. The van der Waals surface area contributed by atoms with Crippen LogP contribution in [0.2, 0.25) is 0 Å². The molecule has 4 rings (SSSR count). The number of hydrogen-bond donors (Lipinski definition) is 0. The Morgan fingerprint density at radius 2 is 2.21 bits per heavy atom. The SMILES string of the molecule is C=CCn1nc(C(=O)N2CCSCC2)c2c1CCC(N(C)Cc1nc(C)cs1)C2. The molecular weight excluding hydrogens is 402 g/mol. The van der Waals surface area contributed by atoms with Crippen LogP contribution in [0.3, 0.4) is 0 Å². The first-order chi connectivity index (χ1) is 14.1. The summed E-state index contributed by atoms with van der Waals surface area (Å²) in [5, 5.41) is 8.02. The average molecular weight is 432 g/mol. The molecule has 1 atom stereocenters. The van der Waals surface area contributed by atoms with Crippen LogP contribution in [0.1, 0.15) is 38.9 Å². The van der Waals surface area contributed by atoms with Gasteiger partial charge in [0, 0.05) is 53.0 Å². The monoisotopic (exact) mass is 431 g/mol. The molecule has 0 aromatic carbocycles. The Labute approximate surface area is 181 Å². The number of carbonyl (C=O) groups excluding carboxylic acids is 1. The lowest BCUT2D eigenvalue weighted by Crippen LogP contribution is -2.40. The minimum atomic E-state index is 0.100. The second-order valence-electron chi connectivity index (χ2n) is 7.84. The Balaban J connectivity index is 1.56. The zero-order valence-electron chi connectivity index (χ0n) is 17.3. The Bertz CT molecular complexity index is 884. The van der Waals surface area contributed by atoms with Gasteiger partial charge in [-0.2, -0.15) is 16.9 Å². The molecule has 1 aliphatic heterocycles. The smallest absolute Gasteiger partial charge is 0.274 e. The maximum atomic E-state index is 13.3. The molecule has 6 nitrogen and oxygen atoms in total. The molecule has 29 heavy (non-hydrogen) atoms. The average Bonchev–Trinajstić information content (AvgIpc) is 3.31. The highest BCUT2D eigenvalue weighted by molar-refractivity contribution is 7.99. The van der Waals surface area contributed by atoms with Gasteiger partial charge in [-0.25, -0.2) is 4.98 Å². The number of allylic oxidation sites excluding steroid dienone is 1. The van der Waals surface area contributed by atoms with E-state index >= 15 is 0 Å². The highest BCUT2D eigenvalue weighted by Gasteiger charge is 2.32. The maximum absolute atomic E-state index is 13.3. The second kappa shape index (κ2) is 9.02. The summed E-state index contributed by atoms with van der Waals surface area (Å²) in [6.45, 7) is 9.06. The molecule has 0 saturated carbocycles. The molecule has 2 aromatic rings. The van der Waals surface area contributed by atoms with E-state index in [2.05, 4.69) is 28.9 Å². The lowest BCUT2D eigenvalue weighted by molar-refractivity contribution is 0.0763. The summed E-state index contributed by atoms with van der Waals surface area (Å²) >= 11 is 3.64. The molecule has 0 N–H and O–H groups in total. The molecule has 1 aliphatic carbocycles. The summed E-state index contributed by atoms with van der Waals surface area (Å²) in [6.07, 6.45) is 4.76. The number of nitrogens with zero attached hydrogens (tertiary/aromatic N) is 5. The molecule has 3 heterocycles. The van der Waals surface area contributed by atoms with Crippen LogP contribution >= 0.6 is 23.1 Å². The number of likely N-dealkylation sites (N-methyl/N-ethyl adjacent to an activating group) is 1. The fourth-order valence-electron chi connectivity index (χ4n) is 4.22. The van der Waals surface area contributed by atoms with Crippen molar-refractivity contribution >= 4 is 29.0 Å². The summed E-state index contributed by atoms with van der Waals surface area (Å²) in [7, 11) is 2.17. The maximum Gasteiger partial charge on any atom is 0.274 e. The fourth-order valence-corrected chi connectivity index (χ4v) is 5.96. The number of amides is 1. The lowest BCUT2D eigenvalue weighted by atomic mass is 9.90. The summed E-state index contributed by atoms with van der Waals surface area (Å²) in [4.78, 5) is 22.2. The third-order valence-electron chi connectivity index (χ3n) is 5.80. The van der Waals surface area contributed by atoms with E-state index < -0.39 is 0 Å². The van der Waals surface area contributed by atoms with Crippen LogP contribution < -0.4 is 0 Å². The largest absolute Gasteiger partial charge is 0.336 e. The third-order valence-corrected chi connectivity index (χ3v) is 7.69. The predicted molar refractivity (Wildman–Crippen MR) is 120 cm³/mol. The number of aryl methyl sites for hydroxylation is 1. The summed E-state index contributed by atoms with van der Waals surface area (Å²) in [5.41, 5.74) is 4.11. The van der Waals surface area contributed by atoms with Gasteiger partial charge in [0.15, 0.2) is 5.69 Å².